The molecule has 0 aliphatic carbocycles. The quantitative estimate of drug-likeness (QED) is 0.540. The minimum atomic E-state index is -4.77. The van der Waals surface area contributed by atoms with Crippen LogP contribution < -0.4 is 4.74 Å². The average molecular weight is 384 g/mol. The number of fused-ring (bicyclic) bond motifs is 1. The van der Waals surface area contributed by atoms with Crippen molar-refractivity contribution < 1.29 is 22.7 Å². The van der Waals surface area contributed by atoms with Crippen LogP contribution in [0.3, 0.4) is 0 Å². The van der Waals surface area contributed by atoms with Crippen LogP contribution in [0.15, 0.2) is 42.5 Å². The second-order valence-electron chi connectivity index (χ2n) is 5.22. The van der Waals surface area contributed by atoms with Crippen LogP contribution in [0.1, 0.15) is 35.5 Å². The molecule has 1 N–H and O–H groups in total. The van der Waals surface area contributed by atoms with Crippen molar-refractivity contribution in [3.05, 3.63) is 64.3 Å². The fourth-order valence-electron chi connectivity index (χ4n) is 2.55. The van der Waals surface area contributed by atoms with Gasteiger partial charge in [0.2, 0.25) is 0 Å². The fourth-order valence-corrected chi connectivity index (χ4v) is 2.67. The summed E-state index contributed by atoms with van der Waals surface area (Å²) in [5.41, 5.74) is 1.81. The van der Waals surface area contributed by atoms with Crippen LogP contribution in [-0.2, 0) is 0 Å². The van der Waals surface area contributed by atoms with E-state index in [9.17, 15) is 18.0 Å². The summed E-state index contributed by atoms with van der Waals surface area (Å²) in [7, 11) is 0. The van der Waals surface area contributed by atoms with Gasteiger partial charge in [0.1, 0.15) is 5.75 Å². The van der Waals surface area contributed by atoms with E-state index >= 15 is 0 Å². The van der Waals surface area contributed by atoms with Gasteiger partial charge < -0.3 is 9.72 Å². The summed E-state index contributed by atoms with van der Waals surface area (Å²) >= 11 is 5.81. The molecular weight excluding hydrogens is 367 g/mol. The normalized spacial score (nSPS) is 11.0. The van der Waals surface area contributed by atoms with E-state index in [0.717, 1.165) is 0 Å². The highest BCUT2D eigenvalue weighted by Gasteiger charge is 2.31. The smallest absolute Gasteiger partial charge is 0.406 e. The van der Waals surface area contributed by atoms with E-state index in [2.05, 4.69) is 9.72 Å². The van der Waals surface area contributed by atoms with E-state index in [-0.39, 0.29) is 11.5 Å². The number of H-pyrrole nitrogens is 1. The third kappa shape index (κ3) is 4.38. The second-order valence-corrected chi connectivity index (χ2v) is 5.65. The van der Waals surface area contributed by atoms with Gasteiger partial charge in [0.05, 0.1) is 11.1 Å². The summed E-state index contributed by atoms with van der Waals surface area (Å²) in [5, 5.41) is 1.04. The third-order valence-corrected chi connectivity index (χ3v) is 3.78. The van der Waals surface area contributed by atoms with Gasteiger partial charge in [-0.3, -0.25) is 4.79 Å². The summed E-state index contributed by atoms with van der Waals surface area (Å²) in [4.78, 5) is 15.6. The molecule has 0 fully saturated rings. The molecule has 138 valence electrons. The molecule has 1 aromatic heterocycles. The van der Waals surface area contributed by atoms with Crippen LogP contribution in [-0.4, -0.2) is 17.1 Å². The number of hydrogen-bond donors (Lipinski definition) is 1. The van der Waals surface area contributed by atoms with E-state index in [0.29, 0.717) is 32.7 Å². The molecule has 0 aliphatic rings. The molecule has 2 aromatic carbocycles. The maximum Gasteiger partial charge on any atom is 0.573 e. The first-order valence-corrected chi connectivity index (χ1v) is 8.31. The number of alkyl halides is 3. The summed E-state index contributed by atoms with van der Waals surface area (Å²) in [6.07, 6.45) is -4.77. The van der Waals surface area contributed by atoms with Crippen molar-refractivity contribution in [2.45, 2.75) is 27.1 Å². The van der Waals surface area contributed by atoms with Crippen molar-refractivity contribution >= 4 is 28.3 Å². The second kappa shape index (κ2) is 7.83. The Morgan fingerprint density at radius 1 is 1.08 bits per heavy atom. The highest BCUT2D eigenvalue weighted by atomic mass is 35.5. The maximum atomic E-state index is 12.7. The van der Waals surface area contributed by atoms with Crippen LogP contribution in [0.25, 0.3) is 10.9 Å². The Balaban J connectivity index is 0.00000117. The molecule has 0 atom stereocenters. The molecule has 0 bridgehead atoms. The zero-order valence-corrected chi connectivity index (χ0v) is 15.1. The number of nitrogens with one attached hydrogen (secondary N) is 1. The van der Waals surface area contributed by atoms with E-state index in [1.165, 1.54) is 18.2 Å². The minimum Gasteiger partial charge on any atom is -0.406 e. The Labute approximate surface area is 153 Å². The maximum absolute atomic E-state index is 12.7. The number of rotatable bonds is 3. The van der Waals surface area contributed by atoms with Crippen LogP contribution in [0.4, 0.5) is 13.2 Å². The van der Waals surface area contributed by atoms with Crippen molar-refractivity contribution in [3.63, 3.8) is 0 Å². The van der Waals surface area contributed by atoms with Crippen molar-refractivity contribution in [1.82, 2.24) is 4.98 Å². The molecule has 1 heterocycles. The standard InChI is InChI=1S/C17H11ClF3NO2.C2H6/c1-9-15(16(23)10-2-4-11(18)5-3-10)13-7-6-12(8-14(13)22-9)24-17(19,20)21;1-2/h2-8,22H,1H3;1-2H3. The first-order valence-electron chi connectivity index (χ1n) is 7.93. The molecule has 0 saturated heterocycles. The Kier molecular flexibility index (Phi) is 5.97. The summed E-state index contributed by atoms with van der Waals surface area (Å²) in [6, 6.07) is 10.2. The van der Waals surface area contributed by atoms with E-state index in [1.807, 2.05) is 13.8 Å². The van der Waals surface area contributed by atoms with Gasteiger partial charge >= 0.3 is 6.36 Å². The predicted molar refractivity (Wildman–Crippen MR) is 96.0 cm³/mol. The van der Waals surface area contributed by atoms with Crippen LogP contribution in [0, 0.1) is 6.92 Å². The molecule has 3 aromatic rings. The molecule has 0 amide bonds. The largest absolute Gasteiger partial charge is 0.573 e. The SMILES string of the molecule is CC.Cc1[nH]c2cc(OC(F)(F)F)ccc2c1C(=O)c1ccc(Cl)cc1. The number of halogens is 4. The molecule has 0 aliphatic heterocycles. The zero-order valence-electron chi connectivity index (χ0n) is 14.4. The van der Waals surface area contributed by atoms with Gasteiger partial charge in [-0.15, -0.1) is 13.2 Å². The number of ether oxygens (including phenoxy) is 1. The van der Waals surface area contributed by atoms with E-state index < -0.39 is 6.36 Å². The van der Waals surface area contributed by atoms with Crippen LogP contribution in [0.2, 0.25) is 5.02 Å². The number of aromatic amines is 1. The predicted octanol–water partition coefficient (Wildman–Crippen LogP) is 6.29. The highest BCUT2D eigenvalue weighted by Crippen LogP contribution is 2.30. The van der Waals surface area contributed by atoms with Crippen molar-refractivity contribution in [1.29, 1.82) is 0 Å². The fraction of sp³-hybridized carbons (Fsp3) is 0.211. The summed E-state index contributed by atoms with van der Waals surface area (Å²) in [5.74, 6) is -0.582. The Morgan fingerprint density at radius 2 is 1.69 bits per heavy atom. The van der Waals surface area contributed by atoms with Crippen molar-refractivity contribution in [2.24, 2.45) is 0 Å². The number of carbonyl (C=O) groups excluding carboxylic acids is 1. The lowest BCUT2D eigenvalue weighted by Crippen LogP contribution is -2.16. The lowest BCUT2D eigenvalue weighted by Gasteiger charge is -2.08. The molecule has 3 nitrogen and oxygen atoms in total. The van der Waals surface area contributed by atoms with Crippen LogP contribution >= 0.6 is 11.6 Å². The minimum absolute atomic E-state index is 0.236. The van der Waals surface area contributed by atoms with Gasteiger partial charge in [-0.05, 0) is 43.3 Å². The van der Waals surface area contributed by atoms with Gasteiger partial charge in [0, 0.05) is 27.7 Å². The van der Waals surface area contributed by atoms with Gasteiger partial charge in [-0.2, -0.15) is 0 Å². The number of benzene rings is 2. The number of hydrogen-bond acceptors (Lipinski definition) is 2. The summed E-state index contributed by atoms with van der Waals surface area (Å²) in [6.45, 7) is 5.69. The topological polar surface area (TPSA) is 42.1 Å². The summed E-state index contributed by atoms with van der Waals surface area (Å²) < 4.78 is 40.8. The Bertz CT molecular complexity index is 915. The highest BCUT2D eigenvalue weighted by molar-refractivity contribution is 6.30. The van der Waals surface area contributed by atoms with Crippen LogP contribution in [0.5, 0.6) is 5.75 Å². The monoisotopic (exact) mass is 383 g/mol. The molecule has 7 heteroatoms. The van der Waals surface area contributed by atoms with Gasteiger partial charge in [0.15, 0.2) is 5.78 Å². The molecule has 0 spiro atoms. The average Bonchev–Trinajstić information content (AvgIpc) is 2.90. The molecule has 3 rings (SSSR count). The number of aryl methyl sites for hydroxylation is 1. The third-order valence-electron chi connectivity index (χ3n) is 3.52. The van der Waals surface area contributed by atoms with E-state index in [4.69, 9.17) is 11.6 Å². The lowest BCUT2D eigenvalue weighted by molar-refractivity contribution is -0.274. The molecular formula is C19H17ClF3NO2. The van der Waals surface area contributed by atoms with Crippen molar-refractivity contribution in [2.75, 3.05) is 0 Å². The Morgan fingerprint density at radius 3 is 2.27 bits per heavy atom. The molecule has 0 saturated carbocycles. The van der Waals surface area contributed by atoms with Crippen molar-refractivity contribution in [3.8, 4) is 5.75 Å². The first kappa shape index (κ1) is 19.8. The van der Waals surface area contributed by atoms with Gasteiger partial charge in [0.25, 0.3) is 0 Å². The molecule has 0 unspecified atom stereocenters. The first-order chi connectivity index (χ1) is 12.2. The molecule has 0 radical (unpaired) electrons. The van der Waals surface area contributed by atoms with E-state index in [1.54, 1.807) is 31.2 Å². The Hall–Kier alpha value is -2.47. The van der Waals surface area contributed by atoms with Gasteiger partial charge in [-0.1, -0.05) is 25.4 Å². The number of ketones is 1. The number of aromatic nitrogens is 1. The molecule has 26 heavy (non-hydrogen) atoms. The zero-order chi connectivity index (χ0) is 19.5. The number of carbonyl (C=O) groups is 1. The lowest BCUT2D eigenvalue weighted by atomic mass is 10.0. The van der Waals surface area contributed by atoms with Gasteiger partial charge in [-0.25, -0.2) is 0 Å².